The summed E-state index contributed by atoms with van der Waals surface area (Å²) in [6.07, 6.45) is 0. The Kier molecular flexibility index (Phi) is 3.48. The normalized spacial score (nSPS) is 11.2. The van der Waals surface area contributed by atoms with Crippen molar-refractivity contribution in [3.63, 3.8) is 0 Å². The second-order valence-electron chi connectivity index (χ2n) is 4.52. The minimum absolute atomic E-state index is 0.0524. The lowest BCUT2D eigenvalue weighted by atomic mass is 9.95. The SMILES string of the molecule is CC(C)(C)C(=O)Nc1ccccc1CO. The van der Waals surface area contributed by atoms with Crippen LogP contribution in [0.3, 0.4) is 0 Å². The van der Waals surface area contributed by atoms with Crippen molar-refractivity contribution in [3.05, 3.63) is 29.8 Å². The molecular weight excluding hydrogens is 190 g/mol. The minimum atomic E-state index is -0.428. The first-order valence-electron chi connectivity index (χ1n) is 4.95. The van der Waals surface area contributed by atoms with Gasteiger partial charge in [-0.15, -0.1) is 0 Å². The fraction of sp³-hybridized carbons (Fsp3) is 0.417. The largest absolute Gasteiger partial charge is 0.392 e. The summed E-state index contributed by atoms with van der Waals surface area (Å²) in [4.78, 5) is 11.7. The molecule has 0 fully saturated rings. The summed E-state index contributed by atoms with van der Waals surface area (Å²) in [6.45, 7) is 5.48. The zero-order valence-corrected chi connectivity index (χ0v) is 9.37. The van der Waals surface area contributed by atoms with E-state index in [2.05, 4.69) is 5.32 Å². The molecule has 1 aromatic rings. The lowest BCUT2D eigenvalue weighted by molar-refractivity contribution is -0.123. The molecule has 0 unspecified atom stereocenters. The van der Waals surface area contributed by atoms with Crippen LogP contribution >= 0.6 is 0 Å². The van der Waals surface area contributed by atoms with E-state index in [1.165, 1.54) is 0 Å². The number of rotatable bonds is 2. The van der Waals surface area contributed by atoms with Crippen LogP contribution in [-0.2, 0) is 11.4 Å². The number of carbonyl (C=O) groups excluding carboxylic acids is 1. The quantitative estimate of drug-likeness (QED) is 0.780. The average molecular weight is 207 g/mol. The predicted octanol–water partition coefficient (Wildman–Crippen LogP) is 2.16. The van der Waals surface area contributed by atoms with Crippen molar-refractivity contribution in [1.82, 2.24) is 0 Å². The summed E-state index contributed by atoms with van der Waals surface area (Å²) in [7, 11) is 0. The van der Waals surface area contributed by atoms with Gasteiger partial charge in [-0.2, -0.15) is 0 Å². The van der Waals surface area contributed by atoms with Gasteiger partial charge in [0, 0.05) is 16.7 Å². The van der Waals surface area contributed by atoms with Crippen LogP contribution < -0.4 is 5.32 Å². The lowest BCUT2D eigenvalue weighted by Gasteiger charge is -2.18. The highest BCUT2D eigenvalue weighted by Crippen LogP contribution is 2.20. The van der Waals surface area contributed by atoms with Crippen molar-refractivity contribution < 1.29 is 9.90 Å². The summed E-state index contributed by atoms with van der Waals surface area (Å²) in [6, 6.07) is 7.24. The van der Waals surface area contributed by atoms with Gasteiger partial charge in [0.15, 0.2) is 0 Å². The maximum atomic E-state index is 11.7. The molecule has 0 spiro atoms. The van der Waals surface area contributed by atoms with Gasteiger partial charge in [0.25, 0.3) is 0 Å². The number of carbonyl (C=O) groups is 1. The van der Waals surface area contributed by atoms with Gasteiger partial charge in [0.05, 0.1) is 6.61 Å². The molecule has 15 heavy (non-hydrogen) atoms. The highest BCUT2D eigenvalue weighted by atomic mass is 16.3. The zero-order chi connectivity index (χ0) is 11.5. The van der Waals surface area contributed by atoms with E-state index >= 15 is 0 Å². The number of anilines is 1. The number of hydrogen-bond acceptors (Lipinski definition) is 2. The number of nitrogens with one attached hydrogen (secondary N) is 1. The van der Waals surface area contributed by atoms with Crippen molar-refractivity contribution in [2.75, 3.05) is 5.32 Å². The Labute approximate surface area is 90.1 Å². The van der Waals surface area contributed by atoms with Crippen LogP contribution in [0, 0.1) is 5.41 Å². The van der Waals surface area contributed by atoms with Crippen molar-refractivity contribution >= 4 is 11.6 Å². The van der Waals surface area contributed by atoms with Gasteiger partial charge in [-0.05, 0) is 6.07 Å². The Bertz CT molecular complexity index is 353. The van der Waals surface area contributed by atoms with E-state index in [1.54, 1.807) is 12.1 Å². The zero-order valence-electron chi connectivity index (χ0n) is 9.37. The molecule has 3 heteroatoms. The van der Waals surface area contributed by atoms with E-state index in [0.29, 0.717) is 5.69 Å². The molecule has 0 radical (unpaired) electrons. The monoisotopic (exact) mass is 207 g/mol. The Morgan fingerprint density at radius 1 is 1.33 bits per heavy atom. The molecule has 0 atom stereocenters. The van der Waals surface area contributed by atoms with Crippen LogP contribution in [0.25, 0.3) is 0 Å². The molecule has 0 aliphatic rings. The minimum Gasteiger partial charge on any atom is -0.392 e. The fourth-order valence-corrected chi connectivity index (χ4v) is 1.09. The summed E-state index contributed by atoms with van der Waals surface area (Å²) in [5.74, 6) is -0.0524. The highest BCUT2D eigenvalue weighted by molar-refractivity contribution is 5.95. The van der Waals surface area contributed by atoms with Crippen LogP contribution in [0.4, 0.5) is 5.69 Å². The van der Waals surface area contributed by atoms with Gasteiger partial charge >= 0.3 is 0 Å². The van der Waals surface area contributed by atoms with Gasteiger partial charge in [0.1, 0.15) is 0 Å². The standard InChI is InChI=1S/C12H17NO2/c1-12(2,3)11(15)13-10-7-5-4-6-9(10)8-14/h4-7,14H,8H2,1-3H3,(H,13,15). The molecule has 0 heterocycles. The molecule has 0 aliphatic heterocycles. The Hall–Kier alpha value is -1.35. The first-order chi connectivity index (χ1) is 6.95. The van der Waals surface area contributed by atoms with Crippen LogP contribution in [0.1, 0.15) is 26.3 Å². The van der Waals surface area contributed by atoms with Crippen molar-refractivity contribution in [2.24, 2.45) is 5.41 Å². The van der Waals surface area contributed by atoms with Crippen LogP contribution in [0.15, 0.2) is 24.3 Å². The molecular formula is C12H17NO2. The number of aliphatic hydroxyl groups is 1. The molecule has 0 saturated carbocycles. The Morgan fingerprint density at radius 2 is 1.93 bits per heavy atom. The molecule has 2 N–H and O–H groups in total. The maximum Gasteiger partial charge on any atom is 0.229 e. The van der Waals surface area contributed by atoms with Gasteiger partial charge in [-0.1, -0.05) is 39.0 Å². The molecule has 1 amide bonds. The van der Waals surface area contributed by atoms with E-state index in [4.69, 9.17) is 5.11 Å². The van der Waals surface area contributed by atoms with Crippen molar-refractivity contribution in [1.29, 1.82) is 0 Å². The van der Waals surface area contributed by atoms with Crippen molar-refractivity contribution in [3.8, 4) is 0 Å². The summed E-state index contributed by atoms with van der Waals surface area (Å²) in [5, 5.41) is 11.9. The molecule has 0 saturated heterocycles. The third-order valence-electron chi connectivity index (χ3n) is 2.12. The molecule has 82 valence electrons. The first kappa shape index (κ1) is 11.7. The Morgan fingerprint density at radius 3 is 2.47 bits per heavy atom. The summed E-state index contributed by atoms with van der Waals surface area (Å²) in [5.41, 5.74) is 0.984. The number of benzene rings is 1. The lowest BCUT2D eigenvalue weighted by Crippen LogP contribution is -2.28. The van der Waals surface area contributed by atoms with Crippen LogP contribution in [-0.4, -0.2) is 11.0 Å². The van der Waals surface area contributed by atoms with Gasteiger partial charge in [-0.3, -0.25) is 4.79 Å². The third-order valence-corrected chi connectivity index (χ3v) is 2.12. The van der Waals surface area contributed by atoms with Crippen molar-refractivity contribution in [2.45, 2.75) is 27.4 Å². The second-order valence-corrected chi connectivity index (χ2v) is 4.52. The number of hydrogen-bond donors (Lipinski definition) is 2. The molecule has 0 aromatic heterocycles. The summed E-state index contributed by atoms with van der Waals surface area (Å²) < 4.78 is 0. The smallest absolute Gasteiger partial charge is 0.229 e. The van der Waals surface area contributed by atoms with Gasteiger partial charge < -0.3 is 10.4 Å². The average Bonchev–Trinajstić information content (AvgIpc) is 2.17. The molecule has 1 rings (SSSR count). The molecule has 0 aliphatic carbocycles. The Balaban J connectivity index is 2.85. The number of amides is 1. The number of aliphatic hydroxyl groups excluding tert-OH is 1. The maximum absolute atomic E-state index is 11.7. The summed E-state index contributed by atoms with van der Waals surface area (Å²) >= 11 is 0. The highest BCUT2D eigenvalue weighted by Gasteiger charge is 2.21. The van der Waals surface area contributed by atoms with Gasteiger partial charge in [-0.25, -0.2) is 0 Å². The van der Waals surface area contributed by atoms with E-state index in [0.717, 1.165) is 5.56 Å². The van der Waals surface area contributed by atoms with E-state index in [1.807, 2.05) is 32.9 Å². The molecule has 1 aromatic carbocycles. The van der Waals surface area contributed by atoms with E-state index in [-0.39, 0.29) is 12.5 Å². The van der Waals surface area contributed by atoms with Crippen LogP contribution in [0.2, 0.25) is 0 Å². The van der Waals surface area contributed by atoms with E-state index < -0.39 is 5.41 Å². The first-order valence-corrected chi connectivity index (χ1v) is 4.95. The second kappa shape index (κ2) is 4.45. The third kappa shape index (κ3) is 3.06. The van der Waals surface area contributed by atoms with E-state index in [9.17, 15) is 4.79 Å². The van der Waals surface area contributed by atoms with Gasteiger partial charge in [0.2, 0.25) is 5.91 Å². The number of para-hydroxylation sites is 1. The van der Waals surface area contributed by atoms with Crippen LogP contribution in [0.5, 0.6) is 0 Å². The fourth-order valence-electron chi connectivity index (χ4n) is 1.09. The predicted molar refractivity (Wildman–Crippen MR) is 60.4 cm³/mol. The molecule has 3 nitrogen and oxygen atoms in total. The molecule has 0 bridgehead atoms. The topological polar surface area (TPSA) is 49.3 Å².